The normalized spacial score (nSPS) is 11.6. The van der Waals surface area contributed by atoms with Crippen LogP contribution in [0.2, 0.25) is 0 Å². The first kappa shape index (κ1) is 14.1. The molecule has 0 saturated carbocycles. The lowest BCUT2D eigenvalue weighted by Crippen LogP contribution is -2.19. The molecular weight excluding hydrogens is 276 g/mol. The summed E-state index contributed by atoms with van der Waals surface area (Å²) in [6.45, 7) is 3.63. The summed E-state index contributed by atoms with van der Waals surface area (Å²) < 4.78 is 5.13. The van der Waals surface area contributed by atoms with Gasteiger partial charge in [0, 0.05) is 5.56 Å². The number of aryl methyl sites for hydroxylation is 1. The molecule has 4 nitrogen and oxygen atoms in total. The molecule has 3 rings (SSSR count). The number of furan rings is 1. The zero-order valence-corrected chi connectivity index (χ0v) is 12.5. The summed E-state index contributed by atoms with van der Waals surface area (Å²) in [4.78, 5) is 12.0. The fourth-order valence-corrected chi connectivity index (χ4v) is 2.42. The third-order valence-electron chi connectivity index (χ3n) is 3.61. The van der Waals surface area contributed by atoms with E-state index in [1.165, 1.54) is 6.26 Å². The molecule has 0 fully saturated rings. The average Bonchev–Trinajstić information content (AvgIpc) is 2.98. The molecule has 0 unspecified atom stereocenters. The van der Waals surface area contributed by atoms with Crippen molar-refractivity contribution in [1.29, 1.82) is 0 Å². The molecule has 0 aliphatic rings. The van der Waals surface area contributed by atoms with Crippen LogP contribution in [-0.4, -0.2) is 11.6 Å². The van der Waals surface area contributed by atoms with E-state index in [0.717, 1.165) is 22.0 Å². The molecule has 4 heteroatoms. The SMILES string of the molecule is CC(=NNC(=O)c1ccoc1C)c1cccc2ccccc12. The van der Waals surface area contributed by atoms with Crippen molar-refractivity contribution in [2.45, 2.75) is 13.8 Å². The Morgan fingerprint density at radius 1 is 1.05 bits per heavy atom. The smallest absolute Gasteiger partial charge is 0.274 e. The number of hydrogen-bond acceptors (Lipinski definition) is 3. The maximum Gasteiger partial charge on any atom is 0.274 e. The number of nitrogens with zero attached hydrogens (tertiary/aromatic N) is 1. The predicted molar refractivity (Wildman–Crippen MR) is 87.1 cm³/mol. The predicted octanol–water partition coefficient (Wildman–Crippen LogP) is 3.90. The third kappa shape index (κ3) is 2.63. The van der Waals surface area contributed by atoms with Crippen molar-refractivity contribution in [2.75, 3.05) is 0 Å². The number of carbonyl (C=O) groups is 1. The van der Waals surface area contributed by atoms with Crippen LogP contribution in [0.15, 0.2) is 64.3 Å². The highest BCUT2D eigenvalue weighted by Gasteiger charge is 2.11. The first-order valence-electron chi connectivity index (χ1n) is 7.03. The number of fused-ring (bicyclic) bond motifs is 1. The van der Waals surface area contributed by atoms with E-state index < -0.39 is 0 Å². The Bertz CT molecular complexity index is 857. The Morgan fingerprint density at radius 2 is 1.82 bits per heavy atom. The van der Waals surface area contributed by atoms with Crippen molar-refractivity contribution >= 4 is 22.4 Å². The topological polar surface area (TPSA) is 54.6 Å². The summed E-state index contributed by atoms with van der Waals surface area (Å²) in [5.41, 5.74) is 4.83. The first-order valence-corrected chi connectivity index (χ1v) is 7.03. The van der Waals surface area contributed by atoms with Crippen LogP contribution in [0.1, 0.15) is 28.6 Å². The van der Waals surface area contributed by atoms with Gasteiger partial charge in [0.2, 0.25) is 0 Å². The van der Waals surface area contributed by atoms with Gasteiger partial charge in [-0.05, 0) is 30.7 Å². The van der Waals surface area contributed by atoms with Gasteiger partial charge < -0.3 is 4.42 Å². The molecule has 1 N–H and O–H groups in total. The highest BCUT2D eigenvalue weighted by atomic mass is 16.3. The summed E-state index contributed by atoms with van der Waals surface area (Å²) in [5.74, 6) is 0.307. The van der Waals surface area contributed by atoms with Gasteiger partial charge >= 0.3 is 0 Å². The minimum Gasteiger partial charge on any atom is -0.469 e. The number of rotatable bonds is 3. The molecule has 3 aromatic rings. The maximum absolute atomic E-state index is 12.0. The monoisotopic (exact) mass is 292 g/mol. The van der Waals surface area contributed by atoms with Crippen molar-refractivity contribution in [3.8, 4) is 0 Å². The van der Waals surface area contributed by atoms with Crippen LogP contribution in [0, 0.1) is 6.92 Å². The molecule has 2 aromatic carbocycles. The van der Waals surface area contributed by atoms with Gasteiger partial charge in [0.1, 0.15) is 5.76 Å². The summed E-state index contributed by atoms with van der Waals surface area (Å²) in [5, 5.41) is 6.47. The number of hydrogen-bond donors (Lipinski definition) is 1. The number of benzene rings is 2. The zero-order chi connectivity index (χ0) is 15.5. The van der Waals surface area contributed by atoms with Crippen LogP contribution in [0.25, 0.3) is 10.8 Å². The Kier molecular flexibility index (Phi) is 3.74. The van der Waals surface area contributed by atoms with Gasteiger partial charge in [0.25, 0.3) is 5.91 Å². The van der Waals surface area contributed by atoms with E-state index in [1.807, 2.05) is 37.3 Å². The molecule has 0 radical (unpaired) electrons. The molecule has 0 bridgehead atoms. The molecule has 110 valence electrons. The van der Waals surface area contributed by atoms with E-state index in [-0.39, 0.29) is 5.91 Å². The summed E-state index contributed by atoms with van der Waals surface area (Å²) in [6.07, 6.45) is 1.49. The molecule has 1 heterocycles. The summed E-state index contributed by atoms with van der Waals surface area (Å²) in [6, 6.07) is 15.8. The molecule has 0 spiro atoms. The fraction of sp³-hybridized carbons (Fsp3) is 0.111. The molecule has 1 aromatic heterocycles. The standard InChI is InChI=1S/C18H16N2O2/c1-12(19-20-18(21)16-10-11-22-13(16)2)15-9-5-7-14-6-3-4-8-17(14)15/h3-11H,1-2H3,(H,20,21). The minimum atomic E-state index is -0.272. The number of carbonyl (C=O) groups excluding carboxylic acids is 1. The fourth-order valence-electron chi connectivity index (χ4n) is 2.42. The molecule has 1 amide bonds. The Labute approximate surface area is 128 Å². The van der Waals surface area contributed by atoms with E-state index in [4.69, 9.17) is 4.42 Å². The van der Waals surface area contributed by atoms with Gasteiger partial charge in [-0.25, -0.2) is 5.43 Å². The first-order chi connectivity index (χ1) is 10.7. The quantitative estimate of drug-likeness (QED) is 0.588. The van der Waals surface area contributed by atoms with Gasteiger partial charge in [-0.3, -0.25) is 4.79 Å². The molecule has 0 saturated heterocycles. The van der Waals surface area contributed by atoms with Crippen LogP contribution in [0.4, 0.5) is 0 Å². The van der Waals surface area contributed by atoms with Gasteiger partial charge in [0.15, 0.2) is 0 Å². The molecule has 0 atom stereocenters. The van der Waals surface area contributed by atoms with Crippen LogP contribution in [0.3, 0.4) is 0 Å². The van der Waals surface area contributed by atoms with Crippen LogP contribution in [-0.2, 0) is 0 Å². The van der Waals surface area contributed by atoms with Crippen molar-refractivity contribution in [3.05, 3.63) is 71.7 Å². The van der Waals surface area contributed by atoms with E-state index in [9.17, 15) is 4.79 Å². The minimum absolute atomic E-state index is 0.272. The van der Waals surface area contributed by atoms with Gasteiger partial charge in [-0.2, -0.15) is 5.10 Å². The van der Waals surface area contributed by atoms with Crippen molar-refractivity contribution < 1.29 is 9.21 Å². The van der Waals surface area contributed by atoms with E-state index >= 15 is 0 Å². The second-order valence-electron chi connectivity index (χ2n) is 5.06. The summed E-state index contributed by atoms with van der Waals surface area (Å²) in [7, 11) is 0. The Morgan fingerprint density at radius 3 is 2.59 bits per heavy atom. The number of amides is 1. The zero-order valence-electron chi connectivity index (χ0n) is 12.5. The van der Waals surface area contributed by atoms with Gasteiger partial charge in [-0.15, -0.1) is 0 Å². The number of nitrogens with one attached hydrogen (secondary N) is 1. The third-order valence-corrected chi connectivity index (χ3v) is 3.61. The Hall–Kier alpha value is -2.88. The van der Waals surface area contributed by atoms with Gasteiger partial charge in [-0.1, -0.05) is 42.5 Å². The lowest BCUT2D eigenvalue weighted by molar-refractivity contribution is 0.0953. The van der Waals surface area contributed by atoms with E-state index in [1.54, 1.807) is 13.0 Å². The van der Waals surface area contributed by atoms with Gasteiger partial charge in [0.05, 0.1) is 17.5 Å². The van der Waals surface area contributed by atoms with Crippen LogP contribution >= 0.6 is 0 Å². The molecule has 22 heavy (non-hydrogen) atoms. The van der Waals surface area contributed by atoms with E-state index in [2.05, 4.69) is 22.7 Å². The lowest BCUT2D eigenvalue weighted by Gasteiger charge is -2.06. The summed E-state index contributed by atoms with van der Waals surface area (Å²) >= 11 is 0. The van der Waals surface area contributed by atoms with E-state index in [0.29, 0.717) is 11.3 Å². The van der Waals surface area contributed by atoms with Crippen molar-refractivity contribution in [3.63, 3.8) is 0 Å². The lowest BCUT2D eigenvalue weighted by atomic mass is 10.0. The Balaban J connectivity index is 1.88. The van der Waals surface area contributed by atoms with Crippen LogP contribution < -0.4 is 5.43 Å². The molecule has 0 aliphatic carbocycles. The highest BCUT2D eigenvalue weighted by molar-refractivity contribution is 6.10. The highest BCUT2D eigenvalue weighted by Crippen LogP contribution is 2.19. The van der Waals surface area contributed by atoms with Crippen molar-refractivity contribution in [1.82, 2.24) is 5.43 Å². The van der Waals surface area contributed by atoms with Crippen molar-refractivity contribution in [2.24, 2.45) is 5.10 Å². The second kappa shape index (κ2) is 5.85. The van der Waals surface area contributed by atoms with Crippen LogP contribution in [0.5, 0.6) is 0 Å². The average molecular weight is 292 g/mol. The second-order valence-corrected chi connectivity index (χ2v) is 5.06. The molecule has 0 aliphatic heterocycles. The number of hydrazone groups is 1. The largest absolute Gasteiger partial charge is 0.469 e. The maximum atomic E-state index is 12.0. The molecular formula is C18H16N2O2.